The van der Waals surface area contributed by atoms with E-state index in [-0.39, 0.29) is 40.8 Å². The minimum absolute atomic E-state index is 0.0246. The SMILES string of the molecule is O=C(CCc1cc(-c2ccc(SC(F)(F)F)cc2)ncn1)[C@@H]1C[C@@H](F)CN1S(=O)(=O)c1cccc(F)c1. The molecular formula is C24H20F5N3O3S2. The van der Waals surface area contributed by atoms with Crippen molar-refractivity contribution in [2.24, 2.45) is 0 Å². The zero-order valence-electron chi connectivity index (χ0n) is 19.0. The molecule has 0 amide bonds. The van der Waals surface area contributed by atoms with Crippen LogP contribution in [0, 0.1) is 5.82 Å². The summed E-state index contributed by atoms with van der Waals surface area (Å²) in [6.07, 6.45) is -0.616. The normalized spacial score (nSPS) is 18.7. The largest absolute Gasteiger partial charge is 0.446 e. The smallest absolute Gasteiger partial charge is 0.298 e. The van der Waals surface area contributed by atoms with Gasteiger partial charge >= 0.3 is 5.51 Å². The Morgan fingerprint density at radius 1 is 1.08 bits per heavy atom. The lowest BCUT2D eigenvalue weighted by atomic mass is 10.0. The number of sulfonamides is 1. The summed E-state index contributed by atoms with van der Waals surface area (Å²) < 4.78 is 92.1. The van der Waals surface area contributed by atoms with Crippen LogP contribution in [-0.4, -0.2) is 52.7 Å². The quantitative estimate of drug-likeness (QED) is 0.280. The van der Waals surface area contributed by atoms with Crippen molar-refractivity contribution < 1.29 is 35.2 Å². The molecule has 4 rings (SSSR count). The third kappa shape index (κ3) is 6.70. The van der Waals surface area contributed by atoms with Crippen molar-refractivity contribution in [3.05, 3.63) is 72.4 Å². The van der Waals surface area contributed by atoms with Crippen molar-refractivity contribution in [1.82, 2.24) is 14.3 Å². The number of aromatic nitrogens is 2. The molecule has 3 aromatic rings. The third-order valence-electron chi connectivity index (χ3n) is 5.71. The van der Waals surface area contributed by atoms with Crippen LogP contribution >= 0.6 is 11.8 Å². The second-order valence-electron chi connectivity index (χ2n) is 8.31. The molecule has 1 aliphatic heterocycles. The Balaban J connectivity index is 1.45. The van der Waals surface area contributed by atoms with Crippen LogP contribution in [0.1, 0.15) is 18.5 Å². The molecule has 1 aromatic heterocycles. The van der Waals surface area contributed by atoms with Crippen LogP contribution in [0.15, 0.2) is 70.7 Å². The van der Waals surface area contributed by atoms with E-state index < -0.39 is 45.9 Å². The van der Waals surface area contributed by atoms with Crippen molar-refractivity contribution in [3.8, 4) is 11.3 Å². The standard InChI is InChI=1S/C24H20F5N3O3S2/c25-16-2-1-3-20(10-16)37(34,35)32-13-17(26)11-22(32)23(33)9-6-18-12-21(31-14-30-18)15-4-7-19(8-5-15)36-24(27,28)29/h1-5,7-8,10,12,14,17,22H,6,9,11,13H2/t17-,22+/m1/s1. The molecule has 6 nitrogen and oxygen atoms in total. The van der Waals surface area contributed by atoms with Crippen LogP contribution in [0.3, 0.4) is 0 Å². The van der Waals surface area contributed by atoms with Crippen LogP contribution < -0.4 is 0 Å². The van der Waals surface area contributed by atoms with Gasteiger partial charge in [0.1, 0.15) is 18.3 Å². The molecule has 0 saturated carbocycles. The summed E-state index contributed by atoms with van der Waals surface area (Å²) >= 11 is -0.230. The van der Waals surface area contributed by atoms with Gasteiger partial charge in [-0.2, -0.15) is 17.5 Å². The lowest BCUT2D eigenvalue weighted by molar-refractivity contribution is -0.122. The van der Waals surface area contributed by atoms with E-state index in [1.165, 1.54) is 42.7 Å². The number of benzene rings is 2. The Morgan fingerprint density at radius 3 is 2.49 bits per heavy atom. The maximum Gasteiger partial charge on any atom is 0.446 e. The van der Waals surface area contributed by atoms with E-state index in [4.69, 9.17) is 0 Å². The highest BCUT2D eigenvalue weighted by Crippen LogP contribution is 2.37. The fraction of sp³-hybridized carbons (Fsp3) is 0.292. The van der Waals surface area contributed by atoms with Crippen LogP contribution in [-0.2, 0) is 21.2 Å². The van der Waals surface area contributed by atoms with Gasteiger partial charge in [0.25, 0.3) is 0 Å². The van der Waals surface area contributed by atoms with E-state index in [9.17, 15) is 35.2 Å². The fourth-order valence-electron chi connectivity index (χ4n) is 4.01. The minimum Gasteiger partial charge on any atom is -0.298 e. The molecule has 1 saturated heterocycles. The molecule has 0 radical (unpaired) electrons. The van der Waals surface area contributed by atoms with Gasteiger partial charge in [0.05, 0.1) is 16.6 Å². The summed E-state index contributed by atoms with van der Waals surface area (Å²) in [4.78, 5) is 20.8. The Labute approximate surface area is 214 Å². The topological polar surface area (TPSA) is 80.2 Å². The first-order chi connectivity index (χ1) is 17.4. The second kappa shape index (κ2) is 10.8. The van der Waals surface area contributed by atoms with Crippen LogP contribution in [0.25, 0.3) is 11.3 Å². The van der Waals surface area contributed by atoms with Gasteiger partial charge in [0.2, 0.25) is 10.0 Å². The highest BCUT2D eigenvalue weighted by atomic mass is 32.2. The van der Waals surface area contributed by atoms with Crippen molar-refractivity contribution in [1.29, 1.82) is 0 Å². The Hall–Kier alpha value is -2.90. The van der Waals surface area contributed by atoms with Crippen molar-refractivity contribution in [3.63, 3.8) is 0 Å². The number of hydrogen-bond donors (Lipinski definition) is 0. The van der Waals surface area contributed by atoms with E-state index >= 15 is 0 Å². The van der Waals surface area contributed by atoms with Gasteiger partial charge in [-0.15, -0.1) is 0 Å². The second-order valence-corrected chi connectivity index (χ2v) is 11.3. The number of rotatable bonds is 8. The predicted molar refractivity (Wildman–Crippen MR) is 126 cm³/mol. The molecule has 0 unspecified atom stereocenters. The third-order valence-corrected chi connectivity index (χ3v) is 8.32. The van der Waals surface area contributed by atoms with Crippen LogP contribution in [0.5, 0.6) is 0 Å². The number of carbonyl (C=O) groups is 1. The summed E-state index contributed by atoms with van der Waals surface area (Å²) in [6.45, 7) is -0.504. The maximum atomic E-state index is 14.2. The Kier molecular flexibility index (Phi) is 7.95. The molecule has 2 atom stereocenters. The Bertz CT molecular complexity index is 1380. The Morgan fingerprint density at radius 2 is 1.81 bits per heavy atom. The minimum atomic E-state index is -4.40. The zero-order chi connectivity index (χ0) is 26.8. The number of thioether (sulfide) groups is 1. The number of halogens is 5. The molecule has 1 aliphatic rings. The summed E-state index contributed by atoms with van der Waals surface area (Å²) in [7, 11) is -4.29. The van der Waals surface area contributed by atoms with E-state index in [1.807, 2.05) is 0 Å². The average molecular weight is 558 g/mol. The molecule has 0 bridgehead atoms. The van der Waals surface area contributed by atoms with Crippen molar-refractivity contribution in [2.75, 3.05) is 6.54 Å². The van der Waals surface area contributed by atoms with Gasteiger partial charge in [-0.05, 0) is 54.6 Å². The number of aryl methyl sites for hydroxylation is 1. The monoisotopic (exact) mass is 557 g/mol. The maximum absolute atomic E-state index is 14.2. The first-order valence-corrected chi connectivity index (χ1v) is 13.3. The number of hydrogen-bond acceptors (Lipinski definition) is 6. The summed E-state index contributed by atoms with van der Waals surface area (Å²) in [5, 5.41) is 0. The molecular weight excluding hydrogens is 537 g/mol. The van der Waals surface area contributed by atoms with Gasteiger partial charge in [-0.1, -0.05) is 18.2 Å². The molecule has 0 spiro atoms. The summed E-state index contributed by atoms with van der Waals surface area (Å²) in [6, 6.07) is 10.3. The number of carbonyl (C=O) groups excluding carboxylic acids is 1. The highest BCUT2D eigenvalue weighted by molar-refractivity contribution is 8.00. The van der Waals surface area contributed by atoms with E-state index in [2.05, 4.69) is 9.97 Å². The lowest BCUT2D eigenvalue weighted by Gasteiger charge is -2.22. The first kappa shape index (κ1) is 27.1. The number of Topliss-reactive ketones (excluding diaryl/α,β-unsaturated/α-hetero) is 1. The molecule has 37 heavy (non-hydrogen) atoms. The molecule has 0 N–H and O–H groups in total. The number of alkyl halides is 4. The average Bonchev–Trinajstić information content (AvgIpc) is 3.25. The van der Waals surface area contributed by atoms with Gasteiger partial charge in [-0.3, -0.25) is 4.79 Å². The van der Waals surface area contributed by atoms with E-state index in [0.717, 1.165) is 16.4 Å². The number of nitrogens with zero attached hydrogens (tertiary/aromatic N) is 3. The first-order valence-electron chi connectivity index (χ1n) is 11.0. The predicted octanol–water partition coefficient (Wildman–Crippen LogP) is 5.20. The zero-order valence-corrected chi connectivity index (χ0v) is 20.7. The fourth-order valence-corrected chi connectivity index (χ4v) is 6.23. The van der Waals surface area contributed by atoms with E-state index in [1.54, 1.807) is 6.07 Å². The molecule has 2 aromatic carbocycles. The van der Waals surface area contributed by atoms with Gasteiger partial charge < -0.3 is 0 Å². The van der Waals surface area contributed by atoms with Crippen LogP contribution in [0.2, 0.25) is 0 Å². The van der Waals surface area contributed by atoms with Gasteiger partial charge in [0, 0.05) is 35.5 Å². The molecule has 1 fully saturated rings. The highest BCUT2D eigenvalue weighted by Gasteiger charge is 2.43. The van der Waals surface area contributed by atoms with E-state index in [0.29, 0.717) is 17.0 Å². The molecule has 2 heterocycles. The van der Waals surface area contributed by atoms with Gasteiger partial charge in [-0.25, -0.2) is 27.2 Å². The van der Waals surface area contributed by atoms with Crippen molar-refractivity contribution >= 4 is 27.6 Å². The number of ketones is 1. The van der Waals surface area contributed by atoms with Gasteiger partial charge in [0.15, 0.2) is 5.78 Å². The summed E-state index contributed by atoms with van der Waals surface area (Å²) in [5.41, 5.74) is -2.98. The van der Waals surface area contributed by atoms with Crippen LogP contribution in [0.4, 0.5) is 22.0 Å². The molecule has 0 aliphatic carbocycles. The molecule has 196 valence electrons. The summed E-state index contributed by atoms with van der Waals surface area (Å²) in [5.74, 6) is -1.28. The van der Waals surface area contributed by atoms with Crippen molar-refractivity contribution in [2.45, 2.75) is 46.8 Å². The molecule has 13 heteroatoms. The lowest BCUT2D eigenvalue weighted by Crippen LogP contribution is -2.40.